The average molecular weight is 188 g/mol. The lowest BCUT2D eigenvalue weighted by atomic mass is 9.96. The summed E-state index contributed by atoms with van der Waals surface area (Å²) in [4.78, 5) is 14.8. The molecular weight excluding hydrogens is 168 g/mol. The van der Waals surface area contributed by atoms with Gasteiger partial charge in [0, 0.05) is 0 Å². The van der Waals surface area contributed by atoms with Crippen LogP contribution in [0, 0.1) is 5.92 Å². The predicted octanol–water partition coefficient (Wildman–Crippen LogP) is 3.00. The largest absolute Gasteiger partial charge is 0.345 e. The van der Waals surface area contributed by atoms with E-state index in [-0.39, 0.29) is 5.92 Å². The lowest BCUT2D eigenvalue weighted by molar-refractivity contribution is -0.239. The number of hydrogen-bond donors (Lipinski definition) is 1. The van der Waals surface area contributed by atoms with Crippen LogP contribution in [0.1, 0.15) is 52.4 Å². The van der Waals surface area contributed by atoms with Crippen molar-refractivity contribution >= 4 is 5.97 Å². The van der Waals surface area contributed by atoms with Gasteiger partial charge in [-0.3, -0.25) is 0 Å². The van der Waals surface area contributed by atoms with Crippen LogP contribution in [0.5, 0.6) is 0 Å². The molecule has 3 nitrogen and oxygen atoms in total. The molecule has 0 saturated heterocycles. The first-order valence-corrected chi connectivity index (χ1v) is 5.11. The molecule has 0 atom stereocenters. The molecule has 3 heteroatoms. The van der Waals surface area contributed by atoms with Crippen molar-refractivity contribution in [2.24, 2.45) is 5.92 Å². The van der Waals surface area contributed by atoms with Crippen LogP contribution in [-0.2, 0) is 9.68 Å². The molecule has 0 fully saturated rings. The summed E-state index contributed by atoms with van der Waals surface area (Å²) in [7, 11) is 0. The van der Waals surface area contributed by atoms with Crippen molar-refractivity contribution in [1.82, 2.24) is 0 Å². The van der Waals surface area contributed by atoms with Gasteiger partial charge in [-0.1, -0.05) is 39.5 Å². The minimum Gasteiger partial charge on any atom is -0.301 e. The van der Waals surface area contributed by atoms with Gasteiger partial charge in [-0.2, -0.15) is 5.26 Å². The Hall–Kier alpha value is -0.570. The SMILES string of the molecule is CCCCC(CCCC)C(=O)OO. The standard InChI is InChI=1S/C10H20O3/c1-3-5-7-9(8-6-4-2)10(11)13-12/h9,12H,3-8H2,1-2H3. The quantitative estimate of drug-likeness (QED) is 0.493. The molecule has 1 N–H and O–H groups in total. The van der Waals surface area contributed by atoms with E-state index in [0.29, 0.717) is 0 Å². The van der Waals surface area contributed by atoms with Gasteiger partial charge in [0.1, 0.15) is 0 Å². The lowest BCUT2D eigenvalue weighted by Gasteiger charge is -2.11. The molecule has 0 aromatic carbocycles. The van der Waals surface area contributed by atoms with E-state index in [9.17, 15) is 4.79 Å². The molecule has 0 spiro atoms. The van der Waals surface area contributed by atoms with E-state index >= 15 is 0 Å². The topological polar surface area (TPSA) is 46.5 Å². The van der Waals surface area contributed by atoms with Crippen molar-refractivity contribution < 1.29 is 14.9 Å². The number of carbonyl (C=O) groups excluding carboxylic acids is 1. The Balaban J connectivity index is 3.79. The maximum absolute atomic E-state index is 11.1. The van der Waals surface area contributed by atoms with Gasteiger partial charge in [0.2, 0.25) is 0 Å². The predicted molar refractivity (Wildman–Crippen MR) is 51.3 cm³/mol. The van der Waals surface area contributed by atoms with E-state index in [1.807, 2.05) is 0 Å². The maximum atomic E-state index is 11.1. The second kappa shape index (κ2) is 8.05. The van der Waals surface area contributed by atoms with Gasteiger partial charge >= 0.3 is 5.97 Å². The Morgan fingerprint density at radius 3 is 2.00 bits per heavy atom. The fourth-order valence-corrected chi connectivity index (χ4v) is 1.36. The first-order chi connectivity index (χ1) is 6.26. The fourth-order valence-electron chi connectivity index (χ4n) is 1.36. The van der Waals surface area contributed by atoms with Crippen molar-refractivity contribution in [3.63, 3.8) is 0 Å². The zero-order valence-corrected chi connectivity index (χ0v) is 8.58. The minimum atomic E-state index is -0.470. The molecular formula is C10H20O3. The number of unbranched alkanes of at least 4 members (excludes halogenated alkanes) is 2. The summed E-state index contributed by atoms with van der Waals surface area (Å²) in [5.74, 6) is -0.577. The third-order valence-electron chi connectivity index (χ3n) is 2.24. The molecule has 13 heavy (non-hydrogen) atoms. The van der Waals surface area contributed by atoms with Gasteiger partial charge in [0.25, 0.3) is 0 Å². The summed E-state index contributed by atoms with van der Waals surface area (Å²) in [6.07, 6.45) is 5.83. The van der Waals surface area contributed by atoms with Gasteiger partial charge in [-0.25, -0.2) is 4.79 Å². The van der Waals surface area contributed by atoms with E-state index in [0.717, 1.165) is 38.5 Å². The highest BCUT2D eigenvalue weighted by Gasteiger charge is 2.18. The molecule has 0 radical (unpaired) electrons. The van der Waals surface area contributed by atoms with Crippen LogP contribution in [0.2, 0.25) is 0 Å². The van der Waals surface area contributed by atoms with Crippen LogP contribution in [-0.4, -0.2) is 11.2 Å². The van der Waals surface area contributed by atoms with Gasteiger partial charge in [0.05, 0.1) is 5.92 Å². The average Bonchev–Trinajstić information content (AvgIpc) is 2.17. The second-order valence-corrected chi connectivity index (χ2v) is 3.39. The number of rotatable bonds is 7. The Kier molecular flexibility index (Phi) is 7.69. The molecule has 78 valence electrons. The van der Waals surface area contributed by atoms with E-state index in [1.54, 1.807) is 0 Å². The molecule has 0 heterocycles. The third-order valence-corrected chi connectivity index (χ3v) is 2.24. The normalized spacial score (nSPS) is 10.5. The van der Waals surface area contributed by atoms with Crippen molar-refractivity contribution in [3.8, 4) is 0 Å². The molecule has 0 bridgehead atoms. The first kappa shape index (κ1) is 12.4. The van der Waals surface area contributed by atoms with Gasteiger partial charge in [0.15, 0.2) is 0 Å². The van der Waals surface area contributed by atoms with E-state index in [2.05, 4.69) is 18.7 Å². The lowest BCUT2D eigenvalue weighted by Crippen LogP contribution is -2.16. The van der Waals surface area contributed by atoms with Gasteiger partial charge in [-0.15, -0.1) is 0 Å². The summed E-state index contributed by atoms with van der Waals surface area (Å²) in [6, 6.07) is 0. The summed E-state index contributed by atoms with van der Waals surface area (Å²) in [5.41, 5.74) is 0. The van der Waals surface area contributed by atoms with Crippen LogP contribution in [0.4, 0.5) is 0 Å². The maximum Gasteiger partial charge on any atom is 0.345 e. The van der Waals surface area contributed by atoms with Crippen molar-refractivity contribution in [2.45, 2.75) is 52.4 Å². The molecule has 0 amide bonds. The van der Waals surface area contributed by atoms with E-state index in [4.69, 9.17) is 5.26 Å². The van der Waals surface area contributed by atoms with Crippen molar-refractivity contribution in [3.05, 3.63) is 0 Å². The Morgan fingerprint density at radius 1 is 1.23 bits per heavy atom. The zero-order valence-electron chi connectivity index (χ0n) is 8.58. The molecule has 0 rings (SSSR count). The fraction of sp³-hybridized carbons (Fsp3) is 0.900. The van der Waals surface area contributed by atoms with Crippen LogP contribution >= 0.6 is 0 Å². The zero-order chi connectivity index (χ0) is 10.1. The Bertz CT molecular complexity index is 126. The second-order valence-electron chi connectivity index (χ2n) is 3.39. The van der Waals surface area contributed by atoms with Crippen LogP contribution in [0.3, 0.4) is 0 Å². The Morgan fingerprint density at radius 2 is 1.69 bits per heavy atom. The molecule has 0 aliphatic carbocycles. The number of carbonyl (C=O) groups is 1. The van der Waals surface area contributed by atoms with Gasteiger partial charge < -0.3 is 4.89 Å². The van der Waals surface area contributed by atoms with Crippen molar-refractivity contribution in [1.29, 1.82) is 0 Å². The summed E-state index contributed by atoms with van der Waals surface area (Å²) >= 11 is 0. The monoisotopic (exact) mass is 188 g/mol. The molecule has 0 aromatic rings. The molecule has 0 aromatic heterocycles. The summed E-state index contributed by atoms with van der Waals surface area (Å²) in [6.45, 7) is 4.17. The number of hydrogen-bond acceptors (Lipinski definition) is 3. The Labute approximate surface area is 80.0 Å². The van der Waals surface area contributed by atoms with Crippen LogP contribution in [0.15, 0.2) is 0 Å². The highest BCUT2D eigenvalue weighted by molar-refractivity contribution is 5.71. The molecule has 0 aliphatic rings. The third kappa shape index (κ3) is 5.64. The summed E-state index contributed by atoms with van der Waals surface area (Å²) < 4.78 is 0. The van der Waals surface area contributed by atoms with Crippen molar-refractivity contribution in [2.75, 3.05) is 0 Å². The first-order valence-electron chi connectivity index (χ1n) is 5.11. The van der Waals surface area contributed by atoms with Crippen LogP contribution < -0.4 is 0 Å². The van der Waals surface area contributed by atoms with Crippen LogP contribution in [0.25, 0.3) is 0 Å². The highest BCUT2D eigenvalue weighted by atomic mass is 17.1. The molecule has 0 aliphatic heterocycles. The van der Waals surface area contributed by atoms with E-state index < -0.39 is 5.97 Å². The smallest absolute Gasteiger partial charge is 0.301 e. The molecule has 0 unspecified atom stereocenters. The van der Waals surface area contributed by atoms with E-state index in [1.165, 1.54) is 0 Å². The van der Waals surface area contributed by atoms with Gasteiger partial charge in [-0.05, 0) is 12.8 Å². The minimum absolute atomic E-state index is 0.107. The highest BCUT2D eigenvalue weighted by Crippen LogP contribution is 2.17. The summed E-state index contributed by atoms with van der Waals surface area (Å²) in [5, 5.41) is 8.25. The molecule has 0 saturated carbocycles.